The lowest BCUT2D eigenvalue weighted by atomic mass is 10.1. The summed E-state index contributed by atoms with van der Waals surface area (Å²) in [5, 5.41) is 0. The molecule has 7 heteroatoms. The maximum Gasteiger partial charge on any atom is 0.211 e. The number of nitrogens with zero attached hydrogens (tertiary/aromatic N) is 1. The van der Waals surface area contributed by atoms with Crippen LogP contribution in [0.1, 0.15) is 34.2 Å². The van der Waals surface area contributed by atoms with Crippen LogP contribution in [0.15, 0.2) is 36.4 Å². The van der Waals surface area contributed by atoms with Gasteiger partial charge in [0.2, 0.25) is 5.69 Å². The van der Waals surface area contributed by atoms with Crippen molar-refractivity contribution in [1.82, 2.24) is 0 Å². The maximum atomic E-state index is 11.4. The molecule has 2 rings (SSSR count). The van der Waals surface area contributed by atoms with Gasteiger partial charge in [-0.2, -0.15) is 4.57 Å². The molecule has 0 unspecified atom stereocenters. The fourth-order valence-electron chi connectivity index (χ4n) is 2.38. The van der Waals surface area contributed by atoms with E-state index in [9.17, 15) is 4.79 Å². The number of aromatic nitrogens is 1. The first-order valence-electron chi connectivity index (χ1n) is 6.72. The second kappa shape index (κ2) is 7.63. The van der Waals surface area contributed by atoms with E-state index in [2.05, 4.69) is 37.5 Å². The summed E-state index contributed by atoms with van der Waals surface area (Å²) in [7, 11) is -4.94. The number of hydrogen-bond donors (Lipinski definition) is 0. The van der Waals surface area contributed by atoms with Gasteiger partial charge in [-0.15, -0.1) is 10.2 Å². The van der Waals surface area contributed by atoms with Crippen LogP contribution in [0.4, 0.5) is 0 Å². The summed E-state index contributed by atoms with van der Waals surface area (Å²) in [4.78, 5) is 11.4. The summed E-state index contributed by atoms with van der Waals surface area (Å²) < 4.78 is 36.1. The van der Waals surface area contributed by atoms with E-state index < -0.39 is 10.2 Å². The molecule has 1 heterocycles. The van der Waals surface area contributed by atoms with Crippen molar-refractivity contribution in [2.24, 2.45) is 0 Å². The first-order valence-corrected chi connectivity index (χ1v) is 7.95. The zero-order valence-electron chi connectivity index (χ0n) is 13.3. The second-order valence-corrected chi connectivity index (χ2v) is 5.89. The summed E-state index contributed by atoms with van der Waals surface area (Å²) >= 11 is 0. The molecule has 1 aromatic carbocycles. The van der Waals surface area contributed by atoms with Crippen molar-refractivity contribution in [3.05, 3.63) is 58.9 Å². The van der Waals surface area contributed by atoms with Gasteiger partial charge >= 0.3 is 0 Å². The van der Waals surface area contributed by atoms with Gasteiger partial charge < -0.3 is 0 Å². The third-order valence-electron chi connectivity index (χ3n) is 3.09. The molecule has 0 aliphatic rings. The highest BCUT2D eigenvalue weighted by Crippen LogP contribution is 2.10. The molecule has 0 bridgehead atoms. The Hall–Kier alpha value is -1.83. The van der Waals surface area contributed by atoms with Crippen LogP contribution in [-0.2, 0) is 0 Å². The zero-order valence-corrected chi connectivity index (χ0v) is 14.1. The van der Waals surface area contributed by atoms with Crippen molar-refractivity contribution in [2.45, 2.75) is 27.7 Å². The molecule has 0 N–H and O–H groups in total. The molecular formula is C16H18ClNO5. The Bertz CT molecular complexity index is 681. The lowest BCUT2D eigenvalue weighted by Crippen LogP contribution is -2.68. The van der Waals surface area contributed by atoms with E-state index in [0.717, 1.165) is 11.3 Å². The zero-order chi connectivity index (χ0) is 17.8. The van der Waals surface area contributed by atoms with Crippen LogP contribution in [0.3, 0.4) is 0 Å². The minimum atomic E-state index is -4.94. The van der Waals surface area contributed by atoms with Crippen molar-refractivity contribution in [3.8, 4) is 5.69 Å². The number of carbonyl (C=O) groups excluding carboxylic acids is 1. The average Bonchev–Trinajstić information content (AvgIpc) is 2.35. The Morgan fingerprint density at radius 1 is 0.957 bits per heavy atom. The molecule has 23 heavy (non-hydrogen) atoms. The number of ketones is 1. The van der Waals surface area contributed by atoms with Crippen LogP contribution in [0, 0.1) is 31.0 Å². The molecule has 1 aromatic heterocycles. The van der Waals surface area contributed by atoms with E-state index in [1.165, 1.54) is 17.0 Å². The van der Waals surface area contributed by atoms with Gasteiger partial charge in [0.25, 0.3) is 0 Å². The van der Waals surface area contributed by atoms with Gasteiger partial charge in [0.05, 0.1) is 0 Å². The van der Waals surface area contributed by atoms with E-state index in [1.807, 2.05) is 24.3 Å². The van der Waals surface area contributed by atoms with Gasteiger partial charge in [-0.1, -0.05) is 12.1 Å². The molecule has 2 aromatic rings. The summed E-state index contributed by atoms with van der Waals surface area (Å²) in [6.45, 7) is 7.86. The molecule has 6 nitrogen and oxygen atoms in total. The predicted octanol–water partition coefficient (Wildman–Crippen LogP) is -1.66. The fraction of sp³-hybridized carbons (Fsp3) is 0.250. The summed E-state index contributed by atoms with van der Waals surface area (Å²) in [5.74, 6) is 0.0971. The number of hydrogen-bond acceptors (Lipinski definition) is 5. The smallest absolute Gasteiger partial charge is 0.211 e. The molecule has 0 aliphatic carbocycles. The highest BCUT2D eigenvalue weighted by atomic mass is 35.7. The summed E-state index contributed by atoms with van der Waals surface area (Å²) in [5.41, 5.74) is 5.39. The van der Waals surface area contributed by atoms with Crippen LogP contribution < -0.4 is 23.2 Å². The Balaban J connectivity index is 0.000000463. The summed E-state index contributed by atoms with van der Waals surface area (Å²) in [6.07, 6.45) is 0. The van der Waals surface area contributed by atoms with E-state index in [4.69, 9.17) is 18.6 Å². The molecule has 0 saturated heterocycles. The van der Waals surface area contributed by atoms with Gasteiger partial charge in [-0.3, -0.25) is 4.79 Å². The number of carbonyl (C=O) groups is 1. The Morgan fingerprint density at radius 2 is 1.43 bits per heavy atom. The van der Waals surface area contributed by atoms with Gasteiger partial charge in [0.1, 0.15) is 0 Å². The van der Waals surface area contributed by atoms with Crippen LogP contribution in [0.25, 0.3) is 5.69 Å². The van der Waals surface area contributed by atoms with E-state index in [1.54, 1.807) is 6.92 Å². The standard InChI is InChI=1S/C16H18NO.ClHO4/c1-11-8-12(2)17(13(3)9-11)16-7-5-6-15(10-16)14(4)18;2-1(3,4)5/h5-10H,1-4H3;(H,2,3,4,5)/q+1;/p-1. The van der Waals surface area contributed by atoms with E-state index in [-0.39, 0.29) is 5.78 Å². The number of halogens is 1. The Labute approximate surface area is 137 Å². The van der Waals surface area contributed by atoms with Gasteiger partial charge in [0.15, 0.2) is 17.2 Å². The monoisotopic (exact) mass is 339 g/mol. The Morgan fingerprint density at radius 3 is 1.87 bits per heavy atom. The number of benzene rings is 1. The molecule has 0 spiro atoms. The van der Waals surface area contributed by atoms with Crippen LogP contribution >= 0.6 is 0 Å². The quantitative estimate of drug-likeness (QED) is 0.480. The minimum absolute atomic E-state index is 0.0971. The molecular weight excluding hydrogens is 322 g/mol. The van der Waals surface area contributed by atoms with Gasteiger partial charge in [0, 0.05) is 43.7 Å². The van der Waals surface area contributed by atoms with Crippen LogP contribution in [0.2, 0.25) is 0 Å². The number of Topliss-reactive ketones (excluding diaryl/α,β-unsaturated/α-hetero) is 1. The highest BCUT2D eigenvalue weighted by Gasteiger charge is 2.15. The topological polar surface area (TPSA) is 113 Å². The molecule has 124 valence electrons. The first-order chi connectivity index (χ1) is 10.5. The number of rotatable bonds is 2. The lowest BCUT2D eigenvalue weighted by molar-refractivity contribution is -2.00. The van der Waals surface area contributed by atoms with Crippen molar-refractivity contribution in [1.29, 1.82) is 0 Å². The van der Waals surface area contributed by atoms with E-state index in [0.29, 0.717) is 0 Å². The Kier molecular flexibility index (Phi) is 6.37. The normalized spacial score (nSPS) is 10.8. The molecule has 0 aliphatic heterocycles. The number of aryl methyl sites for hydroxylation is 3. The van der Waals surface area contributed by atoms with Crippen molar-refractivity contribution in [3.63, 3.8) is 0 Å². The summed E-state index contributed by atoms with van der Waals surface area (Å²) in [6, 6.07) is 12.0. The molecule has 0 fully saturated rings. The fourth-order valence-corrected chi connectivity index (χ4v) is 2.38. The second-order valence-electron chi connectivity index (χ2n) is 5.14. The SMILES string of the molecule is CC(=O)c1cccc(-[n+]2c(C)cc(C)cc2C)c1.[O-][Cl+3]([O-])([O-])[O-]. The predicted molar refractivity (Wildman–Crippen MR) is 72.2 cm³/mol. The molecule has 0 atom stereocenters. The van der Waals surface area contributed by atoms with E-state index >= 15 is 0 Å². The van der Waals surface area contributed by atoms with Crippen LogP contribution in [0.5, 0.6) is 0 Å². The van der Waals surface area contributed by atoms with Gasteiger partial charge in [-0.25, -0.2) is 18.6 Å². The number of pyridine rings is 1. The largest absolute Gasteiger partial charge is 0.295 e. The van der Waals surface area contributed by atoms with Crippen molar-refractivity contribution >= 4 is 5.78 Å². The third-order valence-corrected chi connectivity index (χ3v) is 3.09. The molecule has 0 amide bonds. The lowest BCUT2D eigenvalue weighted by Gasteiger charge is -2.17. The average molecular weight is 340 g/mol. The van der Waals surface area contributed by atoms with Crippen LogP contribution in [-0.4, -0.2) is 5.78 Å². The maximum absolute atomic E-state index is 11.4. The van der Waals surface area contributed by atoms with Gasteiger partial charge in [-0.05, 0) is 19.4 Å². The minimum Gasteiger partial charge on any atom is -0.295 e. The van der Waals surface area contributed by atoms with Crippen molar-refractivity contribution < 1.29 is 38.2 Å². The molecule has 0 saturated carbocycles. The highest BCUT2D eigenvalue weighted by molar-refractivity contribution is 5.94. The molecule has 0 radical (unpaired) electrons. The first kappa shape index (κ1) is 19.2. The van der Waals surface area contributed by atoms with Crippen molar-refractivity contribution in [2.75, 3.05) is 0 Å². The third kappa shape index (κ3) is 6.43.